The summed E-state index contributed by atoms with van der Waals surface area (Å²) in [6, 6.07) is 8.47. The summed E-state index contributed by atoms with van der Waals surface area (Å²) in [6.45, 7) is 3.16. The molecule has 0 fully saturated rings. The molecule has 0 N–H and O–H groups in total. The Balaban J connectivity index is 2.74. The summed E-state index contributed by atoms with van der Waals surface area (Å²) in [5.41, 5.74) is 2.60. The van der Waals surface area contributed by atoms with Gasteiger partial charge < -0.3 is 4.57 Å². The van der Waals surface area contributed by atoms with Crippen molar-refractivity contribution < 1.29 is 0 Å². The Morgan fingerprint density at radius 2 is 2.00 bits per heavy atom. The fourth-order valence-corrected chi connectivity index (χ4v) is 2.67. The van der Waals surface area contributed by atoms with Gasteiger partial charge in [-0.25, -0.2) is 0 Å². The van der Waals surface area contributed by atoms with Crippen molar-refractivity contribution in [3.8, 4) is 0 Å². The van der Waals surface area contributed by atoms with Crippen molar-refractivity contribution in [3.63, 3.8) is 0 Å². The first-order valence-corrected chi connectivity index (χ1v) is 6.46. The van der Waals surface area contributed by atoms with Crippen LogP contribution in [0.2, 0.25) is 0 Å². The predicted molar refractivity (Wildman–Crippen MR) is 68.2 cm³/mol. The molecule has 0 atom stereocenters. The SMILES string of the molecule is Cc1c(Br)c2ccccc2n1CCBr. The van der Waals surface area contributed by atoms with E-state index in [1.165, 1.54) is 21.1 Å². The number of hydrogen-bond acceptors (Lipinski definition) is 0. The topological polar surface area (TPSA) is 4.93 Å². The highest BCUT2D eigenvalue weighted by atomic mass is 79.9. The monoisotopic (exact) mass is 315 g/mol. The highest BCUT2D eigenvalue weighted by molar-refractivity contribution is 9.10. The van der Waals surface area contributed by atoms with Gasteiger partial charge in [-0.3, -0.25) is 0 Å². The number of fused-ring (bicyclic) bond motifs is 1. The van der Waals surface area contributed by atoms with Crippen LogP contribution in [-0.2, 0) is 6.54 Å². The van der Waals surface area contributed by atoms with E-state index in [0.717, 1.165) is 11.9 Å². The van der Waals surface area contributed by atoms with Gasteiger partial charge in [0.25, 0.3) is 0 Å². The number of aryl methyl sites for hydroxylation is 1. The average Bonchev–Trinajstić information content (AvgIpc) is 2.45. The van der Waals surface area contributed by atoms with Gasteiger partial charge in [-0.15, -0.1) is 0 Å². The smallest absolute Gasteiger partial charge is 0.0494 e. The third kappa shape index (κ3) is 1.52. The van der Waals surface area contributed by atoms with E-state index in [-0.39, 0.29) is 0 Å². The molecule has 0 bridgehead atoms. The largest absolute Gasteiger partial charge is 0.343 e. The van der Waals surface area contributed by atoms with Crippen LogP contribution in [0.1, 0.15) is 5.69 Å². The Kier molecular flexibility index (Phi) is 2.98. The number of nitrogens with zero attached hydrogens (tertiary/aromatic N) is 1. The summed E-state index contributed by atoms with van der Waals surface area (Å²) < 4.78 is 3.54. The fourth-order valence-electron chi connectivity index (χ4n) is 1.76. The Morgan fingerprint density at radius 1 is 1.29 bits per heavy atom. The summed E-state index contributed by atoms with van der Waals surface area (Å²) in [4.78, 5) is 0. The number of benzene rings is 1. The molecule has 0 spiro atoms. The number of halogens is 2. The zero-order chi connectivity index (χ0) is 10.1. The Labute approximate surface area is 100 Å². The van der Waals surface area contributed by atoms with Crippen LogP contribution in [0.4, 0.5) is 0 Å². The number of alkyl halides is 1. The van der Waals surface area contributed by atoms with Gasteiger partial charge in [-0.2, -0.15) is 0 Å². The minimum atomic E-state index is 0.985. The van der Waals surface area contributed by atoms with E-state index in [1.54, 1.807) is 0 Å². The molecule has 0 radical (unpaired) electrons. The number of hydrogen-bond donors (Lipinski definition) is 0. The van der Waals surface area contributed by atoms with Crippen LogP contribution in [0.3, 0.4) is 0 Å². The molecule has 1 heterocycles. The molecule has 0 saturated carbocycles. The van der Waals surface area contributed by atoms with Crippen molar-refractivity contribution in [1.82, 2.24) is 4.57 Å². The van der Waals surface area contributed by atoms with Crippen molar-refractivity contribution >= 4 is 42.8 Å². The molecule has 74 valence electrons. The summed E-state index contributed by atoms with van der Waals surface area (Å²) in [5.74, 6) is 0. The molecule has 0 unspecified atom stereocenters. The van der Waals surface area contributed by atoms with Crippen LogP contribution in [0.25, 0.3) is 10.9 Å². The second-order valence-electron chi connectivity index (χ2n) is 3.26. The summed E-state index contributed by atoms with van der Waals surface area (Å²) >= 11 is 7.11. The lowest BCUT2D eigenvalue weighted by molar-refractivity contribution is 0.780. The van der Waals surface area contributed by atoms with E-state index in [2.05, 4.69) is 67.6 Å². The number of para-hydroxylation sites is 1. The van der Waals surface area contributed by atoms with Crippen molar-refractivity contribution in [3.05, 3.63) is 34.4 Å². The van der Waals surface area contributed by atoms with Crippen LogP contribution in [0, 0.1) is 6.92 Å². The fraction of sp³-hybridized carbons (Fsp3) is 0.273. The minimum absolute atomic E-state index is 0.985. The maximum absolute atomic E-state index is 3.64. The number of rotatable bonds is 2. The summed E-state index contributed by atoms with van der Waals surface area (Å²) in [6.07, 6.45) is 0. The second kappa shape index (κ2) is 4.07. The van der Waals surface area contributed by atoms with Gasteiger partial charge >= 0.3 is 0 Å². The first kappa shape index (κ1) is 10.2. The lowest BCUT2D eigenvalue weighted by atomic mass is 10.2. The highest BCUT2D eigenvalue weighted by Crippen LogP contribution is 2.30. The van der Waals surface area contributed by atoms with Gasteiger partial charge in [0, 0.05) is 32.9 Å². The van der Waals surface area contributed by atoms with Crippen LogP contribution >= 0.6 is 31.9 Å². The molecular formula is C11H11Br2N. The minimum Gasteiger partial charge on any atom is -0.343 e. The second-order valence-corrected chi connectivity index (χ2v) is 4.84. The predicted octanol–water partition coefficient (Wildman–Crippen LogP) is 4.11. The maximum Gasteiger partial charge on any atom is 0.0494 e. The highest BCUT2D eigenvalue weighted by Gasteiger charge is 2.09. The molecule has 1 nitrogen and oxygen atoms in total. The molecule has 2 aromatic rings. The van der Waals surface area contributed by atoms with Crippen LogP contribution < -0.4 is 0 Å². The molecule has 3 heteroatoms. The Bertz CT molecular complexity index is 460. The van der Waals surface area contributed by atoms with Crippen LogP contribution in [-0.4, -0.2) is 9.90 Å². The summed E-state index contributed by atoms with van der Waals surface area (Å²) in [7, 11) is 0. The van der Waals surface area contributed by atoms with E-state index in [4.69, 9.17) is 0 Å². The van der Waals surface area contributed by atoms with Gasteiger partial charge in [0.05, 0.1) is 0 Å². The van der Waals surface area contributed by atoms with Crippen molar-refractivity contribution in [2.45, 2.75) is 13.5 Å². The molecule has 0 aliphatic rings. The molecule has 0 aliphatic heterocycles. The van der Waals surface area contributed by atoms with Crippen molar-refractivity contribution in [2.24, 2.45) is 0 Å². The molecule has 0 aliphatic carbocycles. The standard InChI is InChI=1S/C11H11Br2N/c1-8-11(13)9-4-2-3-5-10(9)14(8)7-6-12/h2-5H,6-7H2,1H3. The first-order chi connectivity index (χ1) is 6.75. The first-order valence-electron chi connectivity index (χ1n) is 4.55. The van der Waals surface area contributed by atoms with Gasteiger partial charge in [0.15, 0.2) is 0 Å². The van der Waals surface area contributed by atoms with E-state index in [1.807, 2.05) is 0 Å². The Morgan fingerprint density at radius 3 is 2.71 bits per heavy atom. The molecule has 1 aromatic carbocycles. The molecule has 2 rings (SSSR count). The molecular weight excluding hydrogens is 306 g/mol. The third-order valence-corrected chi connectivity index (χ3v) is 3.82. The van der Waals surface area contributed by atoms with E-state index < -0.39 is 0 Å². The Hall–Kier alpha value is -0.280. The lowest BCUT2D eigenvalue weighted by Crippen LogP contribution is -2.00. The van der Waals surface area contributed by atoms with Gasteiger partial charge in [0.1, 0.15) is 0 Å². The quantitative estimate of drug-likeness (QED) is 0.735. The van der Waals surface area contributed by atoms with Crippen molar-refractivity contribution in [2.75, 3.05) is 5.33 Å². The van der Waals surface area contributed by atoms with E-state index >= 15 is 0 Å². The summed E-state index contributed by atoms with van der Waals surface area (Å²) in [5, 5.41) is 2.28. The zero-order valence-electron chi connectivity index (χ0n) is 7.93. The lowest BCUT2D eigenvalue weighted by Gasteiger charge is -2.04. The van der Waals surface area contributed by atoms with Crippen LogP contribution in [0.5, 0.6) is 0 Å². The number of aromatic nitrogens is 1. The average molecular weight is 317 g/mol. The van der Waals surface area contributed by atoms with Gasteiger partial charge in [-0.1, -0.05) is 34.1 Å². The zero-order valence-corrected chi connectivity index (χ0v) is 11.1. The maximum atomic E-state index is 3.64. The molecule has 1 aromatic heterocycles. The normalized spacial score (nSPS) is 11.1. The van der Waals surface area contributed by atoms with Gasteiger partial charge in [-0.05, 0) is 28.9 Å². The van der Waals surface area contributed by atoms with E-state index in [0.29, 0.717) is 0 Å². The van der Waals surface area contributed by atoms with Crippen LogP contribution in [0.15, 0.2) is 28.7 Å². The van der Waals surface area contributed by atoms with Crippen molar-refractivity contribution in [1.29, 1.82) is 0 Å². The van der Waals surface area contributed by atoms with E-state index in [9.17, 15) is 0 Å². The molecule has 14 heavy (non-hydrogen) atoms. The molecule has 0 saturated heterocycles. The third-order valence-electron chi connectivity index (χ3n) is 2.46. The van der Waals surface area contributed by atoms with Gasteiger partial charge in [0.2, 0.25) is 0 Å². The molecule has 0 amide bonds.